The number of fused-ring (bicyclic) bond motifs is 1. The lowest BCUT2D eigenvalue weighted by Crippen LogP contribution is -2.05. The molecule has 0 saturated heterocycles. The van der Waals surface area contributed by atoms with Crippen molar-refractivity contribution in [1.82, 2.24) is 9.78 Å². The van der Waals surface area contributed by atoms with Gasteiger partial charge in [-0.15, -0.1) is 0 Å². The fourth-order valence-electron chi connectivity index (χ4n) is 3.02. The third-order valence-corrected chi connectivity index (χ3v) is 5.09. The van der Waals surface area contributed by atoms with Crippen LogP contribution >= 0.6 is 34.2 Å². The van der Waals surface area contributed by atoms with Crippen molar-refractivity contribution < 1.29 is 4.74 Å². The lowest BCUT2D eigenvalue weighted by molar-refractivity contribution is 0.412. The summed E-state index contributed by atoms with van der Waals surface area (Å²) in [6.07, 6.45) is 0.958. The van der Waals surface area contributed by atoms with E-state index in [2.05, 4.69) is 52.2 Å². The van der Waals surface area contributed by atoms with Crippen LogP contribution in [0.4, 0.5) is 5.82 Å². The molecule has 2 aromatic carbocycles. The molecule has 0 atom stereocenters. The number of hydrogen-bond donors (Lipinski definition) is 1. The maximum atomic E-state index is 6.20. The van der Waals surface area contributed by atoms with E-state index in [-0.39, 0.29) is 0 Å². The number of nitrogens with zero attached hydrogens (tertiary/aromatic N) is 2. The average molecular weight is 452 g/mol. The molecule has 0 bridgehead atoms. The van der Waals surface area contributed by atoms with Crippen molar-refractivity contribution in [3.63, 3.8) is 0 Å². The third kappa shape index (κ3) is 2.65. The first kappa shape index (κ1) is 15.8. The minimum atomic E-state index is 0.656. The lowest BCUT2D eigenvalue weighted by Gasteiger charge is -2.11. The van der Waals surface area contributed by atoms with Crippen molar-refractivity contribution in [3.8, 4) is 22.7 Å². The first-order valence-corrected chi connectivity index (χ1v) is 9.08. The van der Waals surface area contributed by atoms with E-state index in [1.807, 2.05) is 22.9 Å². The lowest BCUT2D eigenvalue weighted by atomic mass is 10.1. The fraction of sp³-hybridized carbons (Fsp3) is 0.167. The molecule has 4 rings (SSSR count). The Bertz CT molecular complexity index is 905. The minimum Gasteiger partial charge on any atom is -0.494 e. The number of aromatic nitrogens is 2. The molecule has 1 aliphatic heterocycles. The van der Waals surface area contributed by atoms with Gasteiger partial charge in [0.25, 0.3) is 0 Å². The van der Waals surface area contributed by atoms with Gasteiger partial charge in [-0.2, -0.15) is 5.10 Å². The second kappa shape index (κ2) is 6.29. The van der Waals surface area contributed by atoms with E-state index in [0.29, 0.717) is 5.02 Å². The third-order valence-electron chi connectivity index (χ3n) is 4.14. The van der Waals surface area contributed by atoms with Gasteiger partial charge in [-0.1, -0.05) is 23.7 Å². The molecule has 4 nitrogen and oxygen atoms in total. The van der Waals surface area contributed by atoms with Crippen LogP contribution in [0.1, 0.15) is 5.56 Å². The first-order valence-electron chi connectivity index (χ1n) is 7.63. The van der Waals surface area contributed by atoms with E-state index < -0.39 is 0 Å². The number of ether oxygens (including phenoxy) is 1. The highest BCUT2D eigenvalue weighted by molar-refractivity contribution is 14.1. The van der Waals surface area contributed by atoms with Gasteiger partial charge < -0.3 is 10.1 Å². The number of benzene rings is 2. The van der Waals surface area contributed by atoms with Crippen molar-refractivity contribution in [2.24, 2.45) is 0 Å². The standard InChI is InChI=1S/C18H15ClIN3O/c1-24-16-7-4-12(19)10-15(16)23-18-14(8-9-21-18)17(22-23)11-2-5-13(20)6-3-11/h2-7,10,21H,8-9H2,1H3. The zero-order valence-corrected chi connectivity index (χ0v) is 15.9. The average Bonchev–Trinajstić information content (AvgIpc) is 3.18. The number of rotatable bonds is 3. The van der Waals surface area contributed by atoms with Gasteiger partial charge in [0.05, 0.1) is 12.8 Å². The number of halogens is 2. The first-order chi connectivity index (χ1) is 11.7. The Hall–Kier alpha value is -1.73. The molecule has 0 aliphatic carbocycles. The summed E-state index contributed by atoms with van der Waals surface area (Å²) in [5, 5.41) is 8.96. The number of anilines is 1. The molecule has 1 N–H and O–H groups in total. The van der Waals surface area contributed by atoms with E-state index in [9.17, 15) is 0 Å². The molecule has 6 heteroatoms. The zero-order valence-electron chi connectivity index (χ0n) is 13.0. The van der Waals surface area contributed by atoms with Crippen LogP contribution in [0.25, 0.3) is 16.9 Å². The summed E-state index contributed by atoms with van der Waals surface area (Å²) in [6, 6.07) is 14.0. The van der Waals surface area contributed by atoms with Crippen molar-refractivity contribution >= 4 is 40.0 Å². The van der Waals surface area contributed by atoms with Crippen molar-refractivity contribution in [1.29, 1.82) is 0 Å². The highest BCUT2D eigenvalue weighted by atomic mass is 127. The van der Waals surface area contributed by atoms with Gasteiger partial charge in [0.2, 0.25) is 0 Å². The van der Waals surface area contributed by atoms with Crippen LogP contribution in [-0.4, -0.2) is 23.4 Å². The molecule has 24 heavy (non-hydrogen) atoms. The van der Waals surface area contributed by atoms with E-state index in [4.69, 9.17) is 21.4 Å². The van der Waals surface area contributed by atoms with E-state index in [0.717, 1.165) is 41.5 Å². The Morgan fingerprint density at radius 2 is 2.00 bits per heavy atom. The van der Waals surface area contributed by atoms with Crippen LogP contribution in [-0.2, 0) is 6.42 Å². The number of methoxy groups -OCH3 is 1. The predicted molar refractivity (Wildman–Crippen MR) is 105 cm³/mol. The SMILES string of the molecule is COc1ccc(Cl)cc1-n1nc(-c2ccc(I)cc2)c2c1NCC2. The molecule has 0 saturated carbocycles. The Labute approximate surface area is 158 Å². The Morgan fingerprint density at radius 1 is 1.21 bits per heavy atom. The topological polar surface area (TPSA) is 39.1 Å². The zero-order chi connectivity index (χ0) is 16.7. The highest BCUT2D eigenvalue weighted by Crippen LogP contribution is 2.37. The van der Waals surface area contributed by atoms with E-state index in [1.165, 1.54) is 9.13 Å². The molecule has 0 fully saturated rings. The smallest absolute Gasteiger partial charge is 0.144 e. The van der Waals surface area contributed by atoms with Crippen LogP contribution in [0.3, 0.4) is 0 Å². The summed E-state index contributed by atoms with van der Waals surface area (Å²) in [6.45, 7) is 0.910. The molecule has 1 aliphatic rings. The predicted octanol–water partition coefficient (Wildman–Crippen LogP) is 4.77. The summed E-state index contributed by atoms with van der Waals surface area (Å²) in [7, 11) is 1.66. The summed E-state index contributed by atoms with van der Waals surface area (Å²) >= 11 is 8.51. The second-order valence-corrected chi connectivity index (χ2v) is 7.27. The maximum absolute atomic E-state index is 6.20. The highest BCUT2D eigenvalue weighted by Gasteiger charge is 2.25. The normalized spacial score (nSPS) is 12.8. The van der Waals surface area contributed by atoms with Crippen LogP contribution in [0, 0.1) is 3.57 Å². The van der Waals surface area contributed by atoms with Gasteiger partial charge in [0.15, 0.2) is 0 Å². The van der Waals surface area contributed by atoms with Gasteiger partial charge >= 0.3 is 0 Å². The van der Waals surface area contributed by atoms with Crippen LogP contribution < -0.4 is 10.1 Å². The van der Waals surface area contributed by atoms with Gasteiger partial charge in [-0.05, 0) is 59.3 Å². The summed E-state index contributed by atoms with van der Waals surface area (Å²) in [5.74, 6) is 1.76. The van der Waals surface area contributed by atoms with Crippen LogP contribution in [0.15, 0.2) is 42.5 Å². The molecule has 0 spiro atoms. The van der Waals surface area contributed by atoms with Crippen molar-refractivity contribution in [2.45, 2.75) is 6.42 Å². The summed E-state index contributed by atoms with van der Waals surface area (Å²) < 4.78 is 8.61. The van der Waals surface area contributed by atoms with Gasteiger partial charge in [0, 0.05) is 26.3 Å². The molecular formula is C18H15ClIN3O. The second-order valence-electron chi connectivity index (χ2n) is 5.59. The Kier molecular flexibility index (Phi) is 4.14. The molecule has 0 unspecified atom stereocenters. The Morgan fingerprint density at radius 3 is 2.75 bits per heavy atom. The van der Waals surface area contributed by atoms with Crippen molar-refractivity contribution in [3.05, 3.63) is 56.6 Å². The molecule has 3 aromatic rings. The van der Waals surface area contributed by atoms with Crippen LogP contribution in [0.5, 0.6) is 5.75 Å². The van der Waals surface area contributed by atoms with E-state index >= 15 is 0 Å². The monoisotopic (exact) mass is 451 g/mol. The molecular weight excluding hydrogens is 437 g/mol. The number of hydrogen-bond acceptors (Lipinski definition) is 3. The molecule has 122 valence electrons. The molecule has 1 aromatic heterocycles. The molecule has 0 radical (unpaired) electrons. The summed E-state index contributed by atoms with van der Waals surface area (Å²) in [4.78, 5) is 0. The summed E-state index contributed by atoms with van der Waals surface area (Å²) in [5.41, 5.74) is 4.20. The van der Waals surface area contributed by atoms with Crippen LogP contribution in [0.2, 0.25) is 5.02 Å². The van der Waals surface area contributed by atoms with Gasteiger partial charge in [0.1, 0.15) is 17.3 Å². The Balaban J connectivity index is 1.91. The minimum absolute atomic E-state index is 0.656. The largest absolute Gasteiger partial charge is 0.494 e. The van der Waals surface area contributed by atoms with Gasteiger partial charge in [-0.25, -0.2) is 4.68 Å². The quantitative estimate of drug-likeness (QED) is 0.583. The molecule has 2 heterocycles. The van der Waals surface area contributed by atoms with Gasteiger partial charge in [-0.3, -0.25) is 0 Å². The maximum Gasteiger partial charge on any atom is 0.144 e. The van der Waals surface area contributed by atoms with Crippen molar-refractivity contribution in [2.75, 3.05) is 19.0 Å². The molecule has 0 amide bonds. The number of nitrogens with one attached hydrogen (secondary N) is 1. The fourth-order valence-corrected chi connectivity index (χ4v) is 3.54. The van der Waals surface area contributed by atoms with E-state index in [1.54, 1.807) is 7.11 Å².